The van der Waals surface area contributed by atoms with Gasteiger partial charge in [-0.15, -0.1) is 0 Å². The molecule has 0 saturated heterocycles. The van der Waals surface area contributed by atoms with Crippen molar-refractivity contribution < 1.29 is 4.79 Å². The van der Waals surface area contributed by atoms with Crippen molar-refractivity contribution >= 4 is 11.6 Å². The van der Waals surface area contributed by atoms with E-state index in [-0.39, 0.29) is 11.6 Å². The summed E-state index contributed by atoms with van der Waals surface area (Å²) < 4.78 is 0. The normalized spacial score (nSPS) is 22.3. The van der Waals surface area contributed by atoms with Gasteiger partial charge in [-0.1, -0.05) is 25.0 Å². The van der Waals surface area contributed by atoms with E-state index in [1.807, 2.05) is 36.2 Å². The number of anilines is 1. The van der Waals surface area contributed by atoms with Crippen molar-refractivity contribution in [3.05, 3.63) is 29.8 Å². The molecular weight excluding hydrogens is 224 g/mol. The quantitative estimate of drug-likeness (QED) is 0.760. The van der Waals surface area contributed by atoms with Crippen LogP contribution < -0.4 is 5.32 Å². The second kappa shape index (κ2) is 4.30. The van der Waals surface area contributed by atoms with Gasteiger partial charge in [-0.05, 0) is 37.8 Å². The maximum Gasteiger partial charge on any atom is 0.257 e. The number of para-hydroxylation sites is 1. The van der Waals surface area contributed by atoms with E-state index >= 15 is 0 Å². The summed E-state index contributed by atoms with van der Waals surface area (Å²) in [7, 11) is 1.94. The smallest absolute Gasteiger partial charge is 0.257 e. The third kappa shape index (κ3) is 1.69. The number of carbonyl (C=O) groups excluding carboxylic acids is 1. The molecule has 0 bridgehead atoms. The second-order valence-electron chi connectivity index (χ2n) is 5.48. The van der Waals surface area contributed by atoms with Crippen LogP contribution in [-0.2, 0) is 0 Å². The Hall–Kier alpha value is -1.51. The molecule has 1 aliphatic carbocycles. The number of hydrogen-bond acceptors (Lipinski definition) is 2. The first-order valence-electron chi connectivity index (χ1n) is 6.88. The van der Waals surface area contributed by atoms with Crippen molar-refractivity contribution in [1.82, 2.24) is 4.90 Å². The first-order chi connectivity index (χ1) is 8.73. The summed E-state index contributed by atoms with van der Waals surface area (Å²) in [6.07, 6.45) is 7.09. The van der Waals surface area contributed by atoms with Crippen LogP contribution in [0.2, 0.25) is 0 Å². The summed E-state index contributed by atoms with van der Waals surface area (Å²) in [5.41, 5.74) is 1.65. The molecule has 1 aliphatic heterocycles. The number of benzene rings is 1. The molecule has 1 N–H and O–H groups in total. The summed E-state index contributed by atoms with van der Waals surface area (Å²) in [5, 5.41) is 3.64. The van der Waals surface area contributed by atoms with Crippen molar-refractivity contribution in [2.24, 2.45) is 0 Å². The van der Waals surface area contributed by atoms with E-state index in [2.05, 4.69) is 5.32 Å². The molecular formula is C15H20N2O. The first kappa shape index (κ1) is 11.6. The predicted molar refractivity (Wildman–Crippen MR) is 72.6 cm³/mol. The minimum atomic E-state index is -0.151. The van der Waals surface area contributed by atoms with E-state index in [1.165, 1.54) is 25.7 Å². The molecule has 1 heterocycles. The van der Waals surface area contributed by atoms with Crippen LogP contribution in [0.1, 0.15) is 48.9 Å². The van der Waals surface area contributed by atoms with Gasteiger partial charge < -0.3 is 10.2 Å². The number of carbonyl (C=O) groups is 1. The fourth-order valence-corrected chi connectivity index (χ4v) is 3.26. The SMILES string of the molecule is CN1C(=O)c2ccccc2NC12CCCCCC2. The number of hydrogen-bond donors (Lipinski definition) is 1. The Morgan fingerprint density at radius 1 is 1.11 bits per heavy atom. The Morgan fingerprint density at radius 3 is 2.50 bits per heavy atom. The molecule has 1 fully saturated rings. The fraction of sp³-hybridized carbons (Fsp3) is 0.533. The van der Waals surface area contributed by atoms with Gasteiger partial charge in [0.05, 0.1) is 5.56 Å². The van der Waals surface area contributed by atoms with Gasteiger partial charge in [-0.3, -0.25) is 4.79 Å². The van der Waals surface area contributed by atoms with E-state index in [1.54, 1.807) is 0 Å². The molecule has 0 unspecified atom stereocenters. The van der Waals surface area contributed by atoms with Gasteiger partial charge in [0.1, 0.15) is 5.66 Å². The highest BCUT2D eigenvalue weighted by Crippen LogP contribution is 2.38. The Kier molecular flexibility index (Phi) is 2.77. The van der Waals surface area contributed by atoms with Crippen LogP contribution in [0.4, 0.5) is 5.69 Å². The Bertz CT molecular complexity index is 461. The Morgan fingerprint density at radius 2 is 1.78 bits per heavy atom. The van der Waals surface area contributed by atoms with Gasteiger partial charge in [0.25, 0.3) is 5.91 Å². The van der Waals surface area contributed by atoms with Crippen LogP contribution in [0, 0.1) is 0 Å². The molecule has 1 amide bonds. The number of nitrogens with zero attached hydrogens (tertiary/aromatic N) is 1. The number of rotatable bonds is 0. The zero-order valence-electron chi connectivity index (χ0n) is 10.9. The molecule has 1 saturated carbocycles. The van der Waals surface area contributed by atoms with E-state index in [0.29, 0.717) is 0 Å². The lowest BCUT2D eigenvalue weighted by molar-refractivity contribution is 0.0555. The maximum absolute atomic E-state index is 12.5. The Balaban J connectivity index is 2.01. The van der Waals surface area contributed by atoms with E-state index in [9.17, 15) is 4.79 Å². The van der Waals surface area contributed by atoms with Crippen LogP contribution >= 0.6 is 0 Å². The number of nitrogens with one attached hydrogen (secondary N) is 1. The summed E-state index contributed by atoms with van der Waals surface area (Å²) in [6, 6.07) is 7.85. The molecule has 18 heavy (non-hydrogen) atoms. The summed E-state index contributed by atoms with van der Waals surface area (Å²) in [5.74, 6) is 0.159. The predicted octanol–water partition coefficient (Wildman–Crippen LogP) is 3.23. The first-order valence-corrected chi connectivity index (χ1v) is 6.88. The monoisotopic (exact) mass is 244 g/mol. The molecule has 96 valence electrons. The van der Waals surface area contributed by atoms with Gasteiger partial charge in [-0.2, -0.15) is 0 Å². The maximum atomic E-state index is 12.5. The molecule has 3 heteroatoms. The van der Waals surface area contributed by atoms with Gasteiger partial charge in [0.2, 0.25) is 0 Å². The highest BCUT2D eigenvalue weighted by molar-refractivity contribution is 6.02. The molecule has 1 spiro atoms. The summed E-state index contributed by atoms with van der Waals surface area (Å²) >= 11 is 0. The minimum Gasteiger partial charge on any atom is -0.362 e. The van der Waals surface area contributed by atoms with Crippen molar-refractivity contribution in [2.45, 2.75) is 44.2 Å². The third-order valence-corrected chi connectivity index (χ3v) is 4.40. The highest BCUT2D eigenvalue weighted by atomic mass is 16.2. The lowest BCUT2D eigenvalue weighted by atomic mass is 9.93. The second-order valence-corrected chi connectivity index (χ2v) is 5.48. The largest absolute Gasteiger partial charge is 0.362 e. The van der Waals surface area contributed by atoms with Crippen LogP contribution in [0.25, 0.3) is 0 Å². The third-order valence-electron chi connectivity index (χ3n) is 4.40. The molecule has 2 aliphatic rings. The standard InChI is InChI=1S/C15H20N2O/c1-17-14(18)12-8-4-5-9-13(12)16-15(17)10-6-2-3-7-11-15/h4-5,8-9,16H,2-3,6-7,10-11H2,1H3. The summed E-state index contributed by atoms with van der Waals surface area (Å²) in [6.45, 7) is 0. The lowest BCUT2D eigenvalue weighted by Crippen LogP contribution is -2.57. The van der Waals surface area contributed by atoms with Gasteiger partial charge in [0, 0.05) is 12.7 Å². The number of fused-ring (bicyclic) bond motifs is 1. The van der Waals surface area contributed by atoms with Crippen LogP contribution in [0.5, 0.6) is 0 Å². The van der Waals surface area contributed by atoms with E-state index in [4.69, 9.17) is 0 Å². The lowest BCUT2D eigenvalue weighted by Gasteiger charge is -2.46. The van der Waals surface area contributed by atoms with Gasteiger partial charge in [-0.25, -0.2) is 0 Å². The van der Waals surface area contributed by atoms with E-state index < -0.39 is 0 Å². The zero-order chi connectivity index (χ0) is 12.6. The minimum absolute atomic E-state index is 0.151. The topological polar surface area (TPSA) is 32.3 Å². The highest BCUT2D eigenvalue weighted by Gasteiger charge is 2.42. The molecule has 1 aromatic carbocycles. The van der Waals surface area contributed by atoms with Crippen molar-refractivity contribution in [3.63, 3.8) is 0 Å². The molecule has 0 radical (unpaired) electrons. The van der Waals surface area contributed by atoms with Crippen LogP contribution in [0.3, 0.4) is 0 Å². The average molecular weight is 244 g/mol. The fourth-order valence-electron chi connectivity index (χ4n) is 3.26. The van der Waals surface area contributed by atoms with E-state index in [0.717, 1.165) is 24.1 Å². The molecule has 1 aromatic rings. The molecule has 0 aromatic heterocycles. The Labute approximate surface area is 108 Å². The molecule has 0 atom stereocenters. The average Bonchev–Trinajstić information content (AvgIpc) is 2.63. The van der Waals surface area contributed by atoms with Crippen LogP contribution in [-0.4, -0.2) is 23.5 Å². The number of amides is 1. The van der Waals surface area contributed by atoms with Gasteiger partial charge in [0.15, 0.2) is 0 Å². The van der Waals surface area contributed by atoms with Crippen LogP contribution in [0.15, 0.2) is 24.3 Å². The molecule has 3 nitrogen and oxygen atoms in total. The van der Waals surface area contributed by atoms with Crippen molar-refractivity contribution in [2.75, 3.05) is 12.4 Å². The molecule has 3 rings (SSSR count). The van der Waals surface area contributed by atoms with Gasteiger partial charge >= 0.3 is 0 Å². The zero-order valence-corrected chi connectivity index (χ0v) is 10.9. The van der Waals surface area contributed by atoms with Crippen molar-refractivity contribution in [3.8, 4) is 0 Å². The van der Waals surface area contributed by atoms with Crippen molar-refractivity contribution in [1.29, 1.82) is 0 Å². The summed E-state index contributed by atoms with van der Waals surface area (Å²) in [4.78, 5) is 14.4.